The van der Waals surface area contributed by atoms with Crippen LogP contribution in [0.5, 0.6) is 0 Å². The number of benzene rings is 1. The highest BCUT2D eigenvalue weighted by molar-refractivity contribution is 6.42. The molecule has 0 atom stereocenters. The average Bonchev–Trinajstić information content (AvgIpc) is 2.15. The van der Waals surface area contributed by atoms with E-state index in [-0.39, 0.29) is 6.10 Å². The summed E-state index contributed by atoms with van der Waals surface area (Å²) >= 11 is 0. The molecule has 0 aliphatic rings. The second kappa shape index (κ2) is 4.87. The summed E-state index contributed by atoms with van der Waals surface area (Å²) in [6.07, 6.45) is 2.15. The molecule has 0 aliphatic heterocycles. The van der Waals surface area contributed by atoms with Crippen molar-refractivity contribution in [1.82, 2.24) is 0 Å². The van der Waals surface area contributed by atoms with Gasteiger partial charge in [0, 0.05) is 10.2 Å². The van der Waals surface area contributed by atoms with Crippen molar-refractivity contribution in [3.8, 4) is 0 Å². The standard InChI is InChI=1S/C11H16OSi/c1-9(2)12-8-11(13)10-6-4-3-5-7-10/h3-9H,1-2,13H3. The Kier molecular flexibility index (Phi) is 3.77. The Morgan fingerprint density at radius 2 is 1.92 bits per heavy atom. The Morgan fingerprint density at radius 1 is 1.31 bits per heavy atom. The van der Waals surface area contributed by atoms with Gasteiger partial charge in [0.1, 0.15) is 0 Å². The van der Waals surface area contributed by atoms with Crippen LogP contribution in [0.25, 0.3) is 5.20 Å². The normalized spacial score (nSPS) is 12.1. The summed E-state index contributed by atoms with van der Waals surface area (Å²) in [7, 11) is 1.02. The third-order valence-electron chi connectivity index (χ3n) is 1.75. The van der Waals surface area contributed by atoms with Gasteiger partial charge in [0.2, 0.25) is 0 Å². The fourth-order valence-electron chi connectivity index (χ4n) is 1.01. The van der Waals surface area contributed by atoms with Crippen LogP contribution in [0.1, 0.15) is 19.4 Å². The molecule has 70 valence electrons. The minimum atomic E-state index is 0.271. The van der Waals surface area contributed by atoms with Crippen LogP contribution in [0.15, 0.2) is 36.6 Å². The second-order valence-corrected chi connectivity index (χ2v) is 4.43. The van der Waals surface area contributed by atoms with Crippen molar-refractivity contribution in [2.75, 3.05) is 0 Å². The first kappa shape index (κ1) is 10.1. The lowest BCUT2D eigenvalue weighted by Gasteiger charge is -2.06. The maximum absolute atomic E-state index is 5.43. The van der Waals surface area contributed by atoms with Gasteiger partial charge in [-0.25, -0.2) is 0 Å². The zero-order valence-corrected chi connectivity index (χ0v) is 10.4. The minimum absolute atomic E-state index is 0.271. The minimum Gasteiger partial charge on any atom is -0.499 e. The van der Waals surface area contributed by atoms with Crippen molar-refractivity contribution in [2.24, 2.45) is 0 Å². The topological polar surface area (TPSA) is 9.23 Å². The Balaban J connectivity index is 2.68. The van der Waals surface area contributed by atoms with Crippen LogP contribution < -0.4 is 0 Å². The van der Waals surface area contributed by atoms with Crippen LogP contribution in [-0.4, -0.2) is 16.3 Å². The smallest absolute Gasteiger partial charge is 0.0922 e. The van der Waals surface area contributed by atoms with Gasteiger partial charge in [-0.2, -0.15) is 0 Å². The summed E-state index contributed by atoms with van der Waals surface area (Å²) < 4.78 is 5.43. The third-order valence-corrected chi connectivity index (χ3v) is 2.56. The highest BCUT2D eigenvalue weighted by atomic mass is 28.1. The van der Waals surface area contributed by atoms with Crippen LogP contribution in [0.2, 0.25) is 0 Å². The van der Waals surface area contributed by atoms with Crippen LogP contribution >= 0.6 is 0 Å². The highest BCUT2D eigenvalue weighted by Crippen LogP contribution is 2.10. The summed E-state index contributed by atoms with van der Waals surface area (Å²) in [5, 5.41) is 1.30. The van der Waals surface area contributed by atoms with E-state index in [2.05, 4.69) is 24.3 Å². The molecule has 0 saturated carbocycles. The Labute approximate surface area is 82.9 Å². The predicted molar refractivity (Wildman–Crippen MR) is 60.6 cm³/mol. The Morgan fingerprint density at radius 3 is 2.46 bits per heavy atom. The van der Waals surface area contributed by atoms with Gasteiger partial charge in [0.05, 0.1) is 12.4 Å². The lowest BCUT2D eigenvalue weighted by atomic mass is 10.2. The molecular weight excluding hydrogens is 176 g/mol. The molecule has 0 unspecified atom stereocenters. The molecule has 0 aromatic heterocycles. The summed E-state index contributed by atoms with van der Waals surface area (Å²) in [4.78, 5) is 0. The highest BCUT2D eigenvalue weighted by Gasteiger charge is 1.94. The fourth-order valence-corrected chi connectivity index (χ4v) is 1.48. The molecule has 0 radical (unpaired) electrons. The molecule has 1 rings (SSSR count). The molecule has 0 N–H and O–H groups in total. The van der Waals surface area contributed by atoms with Gasteiger partial charge >= 0.3 is 0 Å². The molecule has 13 heavy (non-hydrogen) atoms. The third kappa shape index (κ3) is 3.47. The molecule has 0 heterocycles. The number of ether oxygens (including phenoxy) is 1. The molecule has 0 saturated heterocycles. The molecule has 2 heteroatoms. The number of hydrogen-bond acceptors (Lipinski definition) is 1. The van der Waals surface area contributed by atoms with E-state index in [4.69, 9.17) is 4.74 Å². The average molecular weight is 192 g/mol. The quantitative estimate of drug-likeness (QED) is 0.524. The maximum Gasteiger partial charge on any atom is 0.0922 e. The van der Waals surface area contributed by atoms with Crippen molar-refractivity contribution >= 4 is 15.4 Å². The van der Waals surface area contributed by atoms with Crippen molar-refractivity contribution in [3.63, 3.8) is 0 Å². The monoisotopic (exact) mass is 192 g/mol. The lowest BCUT2D eigenvalue weighted by Crippen LogP contribution is -1.96. The van der Waals surface area contributed by atoms with Crippen molar-refractivity contribution < 1.29 is 4.74 Å². The summed E-state index contributed by atoms with van der Waals surface area (Å²) in [5.74, 6) is 0. The first-order chi connectivity index (χ1) is 6.20. The predicted octanol–water partition coefficient (Wildman–Crippen LogP) is 1.78. The maximum atomic E-state index is 5.43. The molecule has 1 aromatic rings. The largest absolute Gasteiger partial charge is 0.499 e. The van der Waals surface area contributed by atoms with E-state index < -0.39 is 0 Å². The molecular formula is C11H16OSi. The second-order valence-electron chi connectivity index (χ2n) is 3.35. The van der Waals surface area contributed by atoms with Gasteiger partial charge in [-0.1, -0.05) is 30.3 Å². The van der Waals surface area contributed by atoms with E-state index >= 15 is 0 Å². The Bertz CT molecular complexity index is 277. The molecule has 1 nitrogen and oxygen atoms in total. The van der Waals surface area contributed by atoms with E-state index in [1.165, 1.54) is 10.8 Å². The summed E-state index contributed by atoms with van der Waals surface area (Å²) in [5.41, 5.74) is 1.27. The molecule has 0 bridgehead atoms. The number of rotatable bonds is 3. The van der Waals surface area contributed by atoms with E-state index in [0.29, 0.717) is 0 Å². The molecule has 0 fully saturated rings. The zero-order chi connectivity index (χ0) is 9.68. The molecule has 0 aliphatic carbocycles. The van der Waals surface area contributed by atoms with Gasteiger partial charge in [0.25, 0.3) is 0 Å². The van der Waals surface area contributed by atoms with E-state index in [1.807, 2.05) is 26.2 Å². The van der Waals surface area contributed by atoms with E-state index in [9.17, 15) is 0 Å². The molecule has 1 aromatic carbocycles. The van der Waals surface area contributed by atoms with Gasteiger partial charge in [0.15, 0.2) is 0 Å². The van der Waals surface area contributed by atoms with Crippen molar-refractivity contribution in [3.05, 3.63) is 42.2 Å². The lowest BCUT2D eigenvalue weighted by molar-refractivity contribution is 0.181. The van der Waals surface area contributed by atoms with Gasteiger partial charge in [-0.3, -0.25) is 0 Å². The summed E-state index contributed by atoms with van der Waals surface area (Å²) in [6, 6.07) is 10.4. The fraction of sp³-hybridized carbons (Fsp3) is 0.273. The van der Waals surface area contributed by atoms with Gasteiger partial charge < -0.3 is 4.74 Å². The van der Waals surface area contributed by atoms with E-state index in [0.717, 1.165) is 10.2 Å². The van der Waals surface area contributed by atoms with Gasteiger partial charge in [-0.15, -0.1) is 0 Å². The SMILES string of the molecule is CC(C)OC=C([SiH3])c1ccccc1. The van der Waals surface area contributed by atoms with Crippen LogP contribution in [-0.2, 0) is 4.74 Å². The summed E-state index contributed by atoms with van der Waals surface area (Å²) in [6.45, 7) is 4.08. The van der Waals surface area contributed by atoms with E-state index in [1.54, 1.807) is 0 Å². The number of hydrogen-bond donors (Lipinski definition) is 0. The van der Waals surface area contributed by atoms with Crippen molar-refractivity contribution in [2.45, 2.75) is 20.0 Å². The first-order valence-electron chi connectivity index (χ1n) is 4.58. The zero-order valence-electron chi connectivity index (χ0n) is 8.45. The molecule has 0 spiro atoms. The van der Waals surface area contributed by atoms with Crippen LogP contribution in [0.4, 0.5) is 0 Å². The first-order valence-corrected chi connectivity index (χ1v) is 5.58. The van der Waals surface area contributed by atoms with Crippen LogP contribution in [0, 0.1) is 0 Å². The van der Waals surface area contributed by atoms with Gasteiger partial charge in [-0.05, 0) is 24.6 Å². The molecule has 0 amide bonds. The van der Waals surface area contributed by atoms with Crippen LogP contribution in [0.3, 0.4) is 0 Å². The van der Waals surface area contributed by atoms with Crippen molar-refractivity contribution in [1.29, 1.82) is 0 Å². The Hall–Kier alpha value is -1.02.